The number of nitrogens with one attached hydrogen (secondary N) is 1. The molecule has 0 aliphatic carbocycles. The molecule has 20 heavy (non-hydrogen) atoms. The van der Waals surface area contributed by atoms with E-state index in [0.29, 0.717) is 0 Å². The van der Waals surface area contributed by atoms with E-state index in [1.54, 1.807) is 6.92 Å². The second kappa shape index (κ2) is 6.49. The van der Waals surface area contributed by atoms with Crippen molar-refractivity contribution in [2.45, 2.75) is 11.8 Å². The lowest BCUT2D eigenvalue weighted by molar-refractivity contribution is -0.137. The summed E-state index contributed by atoms with van der Waals surface area (Å²) in [4.78, 5) is 23.5. The van der Waals surface area contributed by atoms with Crippen molar-refractivity contribution < 1.29 is 23.1 Å². The first-order valence-electron chi connectivity index (χ1n) is 5.85. The fourth-order valence-electron chi connectivity index (χ4n) is 1.55. The topological polar surface area (TPSA) is 104 Å². The first-order valence-corrected chi connectivity index (χ1v) is 7.33. The number of carbonyl (C=O) groups excluding carboxylic acids is 1. The molecule has 7 nitrogen and oxygen atoms in total. The molecule has 0 unspecified atom stereocenters. The summed E-state index contributed by atoms with van der Waals surface area (Å²) < 4.78 is 25.8. The van der Waals surface area contributed by atoms with Crippen molar-refractivity contribution in [3.63, 3.8) is 0 Å². The van der Waals surface area contributed by atoms with E-state index in [1.807, 2.05) is 0 Å². The highest BCUT2D eigenvalue weighted by Crippen LogP contribution is 2.11. The predicted molar refractivity (Wildman–Crippen MR) is 71.9 cm³/mol. The Kier molecular flexibility index (Phi) is 5.23. The highest BCUT2D eigenvalue weighted by Gasteiger charge is 2.16. The van der Waals surface area contributed by atoms with E-state index < -0.39 is 28.4 Å². The number of aliphatic carboxylic acids is 1. The minimum atomic E-state index is -3.56. The Morgan fingerprint density at radius 3 is 2.25 bits per heavy atom. The summed E-state index contributed by atoms with van der Waals surface area (Å²) in [5.74, 6) is -1.60. The van der Waals surface area contributed by atoms with Crippen molar-refractivity contribution in [3.05, 3.63) is 29.8 Å². The standard InChI is InChI=1S/C12H16N2O5S/c1-3-13-20(18,19)10-6-4-9(5-7-10)12(17)14(2)8-11(15)16/h4-7,13H,3,8H2,1-2H3,(H,15,16). The molecule has 0 fully saturated rings. The number of amides is 1. The summed E-state index contributed by atoms with van der Waals surface area (Å²) in [5, 5.41) is 8.61. The third-order valence-electron chi connectivity index (χ3n) is 2.47. The molecular formula is C12H16N2O5S. The van der Waals surface area contributed by atoms with Crippen LogP contribution in [0.15, 0.2) is 29.2 Å². The number of benzene rings is 1. The summed E-state index contributed by atoms with van der Waals surface area (Å²) in [6.07, 6.45) is 0. The average molecular weight is 300 g/mol. The number of sulfonamides is 1. The fraction of sp³-hybridized carbons (Fsp3) is 0.333. The second-order valence-corrected chi connectivity index (χ2v) is 5.85. The van der Waals surface area contributed by atoms with Gasteiger partial charge in [-0.2, -0.15) is 0 Å². The van der Waals surface area contributed by atoms with E-state index in [4.69, 9.17) is 5.11 Å². The van der Waals surface area contributed by atoms with Gasteiger partial charge in [-0.15, -0.1) is 0 Å². The van der Waals surface area contributed by atoms with Gasteiger partial charge >= 0.3 is 5.97 Å². The molecule has 1 aromatic rings. The molecule has 110 valence electrons. The Morgan fingerprint density at radius 1 is 1.25 bits per heavy atom. The number of nitrogens with zero attached hydrogens (tertiary/aromatic N) is 1. The molecular weight excluding hydrogens is 284 g/mol. The molecule has 0 atom stereocenters. The van der Waals surface area contributed by atoms with E-state index in [0.717, 1.165) is 4.90 Å². The molecule has 0 radical (unpaired) electrons. The SMILES string of the molecule is CCNS(=O)(=O)c1ccc(C(=O)N(C)CC(=O)O)cc1. The van der Waals surface area contributed by atoms with Crippen molar-refractivity contribution in [2.24, 2.45) is 0 Å². The van der Waals surface area contributed by atoms with Gasteiger partial charge in [0.2, 0.25) is 10.0 Å². The van der Waals surface area contributed by atoms with Crippen molar-refractivity contribution in [1.82, 2.24) is 9.62 Å². The highest BCUT2D eigenvalue weighted by atomic mass is 32.2. The Balaban J connectivity index is 2.92. The van der Waals surface area contributed by atoms with Crippen molar-refractivity contribution in [2.75, 3.05) is 20.1 Å². The molecule has 1 aromatic carbocycles. The smallest absolute Gasteiger partial charge is 0.323 e. The average Bonchev–Trinajstić information content (AvgIpc) is 2.37. The largest absolute Gasteiger partial charge is 0.480 e. The molecule has 0 bridgehead atoms. The molecule has 0 saturated heterocycles. The maximum absolute atomic E-state index is 11.9. The van der Waals surface area contributed by atoms with Gasteiger partial charge in [0.1, 0.15) is 6.54 Å². The van der Waals surface area contributed by atoms with Gasteiger partial charge in [-0.25, -0.2) is 13.1 Å². The number of hydrogen-bond donors (Lipinski definition) is 2. The van der Waals surface area contributed by atoms with Crippen LogP contribution in [0.3, 0.4) is 0 Å². The second-order valence-electron chi connectivity index (χ2n) is 4.08. The van der Waals surface area contributed by atoms with Gasteiger partial charge in [-0.1, -0.05) is 6.92 Å². The van der Waals surface area contributed by atoms with E-state index >= 15 is 0 Å². The van der Waals surface area contributed by atoms with E-state index in [1.165, 1.54) is 31.3 Å². The van der Waals surface area contributed by atoms with Crippen LogP contribution in [0.2, 0.25) is 0 Å². The zero-order valence-electron chi connectivity index (χ0n) is 11.2. The lowest BCUT2D eigenvalue weighted by atomic mass is 10.2. The number of likely N-dealkylation sites (N-methyl/N-ethyl adjacent to an activating group) is 1. The Morgan fingerprint density at radius 2 is 1.80 bits per heavy atom. The van der Waals surface area contributed by atoms with Crippen molar-refractivity contribution in [3.8, 4) is 0 Å². The molecule has 0 aromatic heterocycles. The van der Waals surface area contributed by atoms with Crippen LogP contribution < -0.4 is 4.72 Å². The van der Waals surface area contributed by atoms with Crippen LogP contribution in [0.25, 0.3) is 0 Å². The summed E-state index contributed by atoms with van der Waals surface area (Å²) in [6, 6.07) is 5.31. The molecule has 0 spiro atoms. The maximum atomic E-state index is 11.9. The normalized spacial score (nSPS) is 11.1. The minimum Gasteiger partial charge on any atom is -0.480 e. The summed E-state index contributed by atoms with van der Waals surface area (Å²) >= 11 is 0. The van der Waals surface area contributed by atoms with Crippen LogP contribution in [-0.2, 0) is 14.8 Å². The van der Waals surface area contributed by atoms with Crippen LogP contribution in [-0.4, -0.2) is 50.4 Å². The van der Waals surface area contributed by atoms with Crippen LogP contribution >= 0.6 is 0 Å². The summed E-state index contributed by atoms with van der Waals surface area (Å²) in [7, 11) is -2.20. The van der Waals surface area contributed by atoms with Gasteiger partial charge in [0.25, 0.3) is 5.91 Å². The number of hydrogen-bond acceptors (Lipinski definition) is 4. The van der Waals surface area contributed by atoms with Crippen LogP contribution in [0.1, 0.15) is 17.3 Å². The lowest BCUT2D eigenvalue weighted by Crippen LogP contribution is -2.32. The van der Waals surface area contributed by atoms with Gasteiger partial charge in [0, 0.05) is 19.2 Å². The molecule has 2 N–H and O–H groups in total. The summed E-state index contributed by atoms with van der Waals surface area (Å²) in [6.45, 7) is 1.51. The minimum absolute atomic E-state index is 0.0526. The molecule has 0 heterocycles. The maximum Gasteiger partial charge on any atom is 0.323 e. The highest BCUT2D eigenvalue weighted by molar-refractivity contribution is 7.89. The van der Waals surface area contributed by atoms with Crippen LogP contribution in [0, 0.1) is 0 Å². The first-order chi connectivity index (χ1) is 9.27. The third-order valence-corrected chi connectivity index (χ3v) is 4.03. The van der Waals surface area contributed by atoms with Gasteiger partial charge < -0.3 is 10.0 Å². The van der Waals surface area contributed by atoms with Gasteiger partial charge in [-0.3, -0.25) is 9.59 Å². The predicted octanol–water partition coefficient (Wildman–Crippen LogP) is 0.141. The first kappa shape index (κ1) is 16.1. The van der Waals surface area contributed by atoms with E-state index in [9.17, 15) is 18.0 Å². The molecule has 1 amide bonds. The van der Waals surface area contributed by atoms with Gasteiger partial charge in [0.15, 0.2) is 0 Å². The van der Waals surface area contributed by atoms with Crippen LogP contribution in [0.5, 0.6) is 0 Å². The monoisotopic (exact) mass is 300 g/mol. The number of carboxylic acid groups (broad SMARTS) is 1. The Hall–Kier alpha value is -1.93. The zero-order valence-corrected chi connectivity index (χ0v) is 12.0. The zero-order chi connectivity index (χ0) is 15.3. The fourth-order valence-corrected chi connectivity index (χ4v) is 2.59. The lowest BCUT2D eigenvalue weighted by Gasteiger charge is -2.14. The number of carbonyl (C=O) groups is 2. The van der Waals surface area contributed by atoms with E-state index in [2.05, 4.69) is 4.72 Å². The molecule has 1 rings (SSSR count). The molecule has 0 aliphatic rings. The van der Waals surface area contributed by atoms with Gasteiger partial charge in [0.05, 0.1) is 4.90 Å². The van der Waals surface area contributed by atoms with Gasteiger partial charge in [-0.05, 0) is 24.3 Å². The van der Waals surface area contributed by atoms with Crippen LogP contribution in [0.4, 0.5) is 0 Å². The third kappa shape index (κ3) is 4.04. The van der Waals surface area contributed by atoms with Crippen molar-refractivity contribution >= 4 is 21.9 Å². The summed E-state index contributed by atoms with van der Waals surface area (Å²) in [5.41, 5.74) is 0.226. The number of rotatable bonds is 6. The molecule has 0 saturated carbocycles. The van der Waals surface area contributed by atoms with E-state index in [-0.39, 0.29) is 17.0 Å². The quantitative estimate of drug-likeness (QED) is 0.778. The Labute approximate surface area is 117 Å². The molecule has 8 heteroatoms. The van der Waals surface area contributed by atoms with Crippen molar-refractivity contribution in [1.29, 1.82) is 0 Å². The number of carboxylic acids is 1. The Bertz CT molecular complexity index is 595. The molecule has 0 aliphatic heterocycles.